The molecule has 2 aromatic heterocycles. The van der Waals surface area contributed by atoms with E-state index in [1.54, 1.807) is 18.2 Å². The predicted octanol–water partition coefficient (Wildman–Crippen LogP) is 3.08. The first-order valence-corrected chi connectivity index (χ1v) is 8.14. The second kappa shape index (κ2) is 6.89. The van der Waals surface area contributed by atoms with Crippen LogP contribution in [0.1, 0.15) is 21.1 Å². The Morgan fingerprint density at radius 1 is 1.16 bits per heavy atom. The minimum atomic E-state index is -0.395. The SMILES string of the molecule is COc1ccc(C(=O)Nc2nnc(-c3sc(C)nc3C)o2)cc1OC. The van der Waals surface area contributed by atoms with E-state index in [1.165, 1.54) is 25.6 Å². The molecule has 1 aromatic carbocycles. The number of carbonyl (C=O) groups excluding carboxylic acids is 1. The normalized spacial score (nSPS) is 10.6. The van der Waals surface area contributed by atoms with Crippen LogP contribution in [-0.4, -0.2) is 35.3 Å². The molecule has 3 rings (SSSR count). The average molecular weight is 360 g/mol. The number of rotatable bonds is 5. The van der Waals surface area contributed by atoms with Crippen LogP contribution < -0.4 is 14.8 Å². The molecular formula is C16H16N4O4S. The lowest BCUT2D eigenvalue weighted by Crippen LogP contribution is -2.12. The molecule has 1 amide bonds. The highest BCUT2D eigenvalue weighted by atomic mass is 32.1. The molecule has 0 saturated heterocycles. The predicted molar refractivity (Wildman–Crippen MR) is 92.4 cm³/mol. The zero-order valence-electron chi connectivity index (χ0n) is 14.1. The molecule has 0 bridgehead atoms. The monoisotopic (exact) mass is 360 g/mol. The summed E-state index contributed by atoms with van der Waals surface area (Å²) in [7, 11) is 3.03. The molecule has 0 radical (unpaired) electrons. The van der Waals surface area contributed by atoms with Crippen molar-refractivity contribution >= 4 is 23.3 Å². The summed E-state index contributed by atoms with van der Waals surface area (Å²) >= 11 is 1.45. The van der Waals surface area contributed by atoms with Gasteiger partial charge in [-0.05, 0) is 32.0 Å². The highest BCUT2D eigenvalue weighted by Crippen LogP contribution is 2.30. The smallest absolute Gasteiger partial charge is 0.322 e. The number of aryl methyl sites for hydroxylation is 2. The lowest BCUT2D eigenvalue weighted by molar-refractivity contribution is 0.102. The number of amides is 1. The first-order valence-electron chi connectivity index (χ1n) is 7.33. The maximum Gasteiger partial charge on any atom is 0.322 e. The molecule has 0 aliphatic heterocycles. The van der Waals surface area contributed by atoms with Gasteiger partial charge in [-0.1, -0.05) is 5.10 Å². The summed E-state index contributed by atoms with van der Waals surface area (Å²) in [6.45, 7) is 3.77. The van der Waals surface area contributed by atoms with Crippen molar-refractivity contribution in [1.29, 1.82) is 0 Å². The van der Waals surface area contributed by atoms with E-state index in [0.717, 1.165) is 15.6 Å². The van der Waals surface area contributed by atoms with Gasteiger partial charge in [-0.15, -0.1) is 16.4 Å². The van der Waals surface area contributed by atoms with Crippen molar-refractivity contribution in [3.8, 4) is 22.3 Å². The Hall–Kier alpha value is -2.94. The van der Waals surface area contributed by atoms with E-state index < -0.39 is 5.91 Å². The second-order valence-corrected chi connectivity index (χ2v) is 6.29. The molecular weight excluding hydrogens is 344 g/mol. The number of ether oxygens (including phenoxy) is 2. The van der Waals surface area contributed by atoms with Crippen LogP contribution in [0.2, 0.25) is 0 Å². The average Bonchev–Trinajstić information content (AvgIpc) is 3.19. The summed E-state index contributed by atoms with van der Waals surface area (Å²) < 4.78 is 15.9. The molecule has 2 heterocycles. The Morgan fingerprint density at radius 2 is 1.92 bits per heavy atom. The van der Waals surface area contributed by atoms with E-state index in [4.69, 9.17) is 13.9 Å². The topological polar surface area (TPSA) is 99.4 Å². The highest BCUT2D eigenvalue weighted by Gasteiger charge is 2.17. The van der Waals surface area contributed by atoms with Crippen molar-refractivity contribution in [3.63, 3.8) is 0 Å². The Labute approximate surface area is 147 Å². The summed E-state index contributed by atoms with van der Waals surface area (Å²) in [5.41, 5.74) is 1.19. The van der Waals surface area contributed by atoms with E-state index in [-0.39, 0.29) is 6.01 Å². The quantitative estimate of drug-likeness (QED) is 0.746. The summed E-state index contributed by atoms with van der Waals surface area (Å²) in [6.07, 6.45) is 0. The van der Waals surface area contributed by atoms with Gasteiger partial charge in [-0.3, -0.25) is 10.1 Å². The van der Waals surface area contributed by atoms with Crippen molar-refractivity contribution in [1.82, 2.24) is 15.2 Å². The third-order valence-electron chi connectivity index (χ3n) is 3.39. The van der Waals surface area contributed by atoms with Crippen LogP contribution in [0.3, 0.4) is 0 Å². The van der Waals surface area contributed by atoms with Crippen molar-refractivity contribution < 1.29 is 18.7 Å². The van der Waals surface area contributed by atoms with Crippen LogP contribution in [0, 0.1) is 13.8 Å². The number of thiazole rings is 1. The van der Waals surface area contributed by atoms with Gasteiger partial charge in [0, 0.05) is 5.56 Å². The molecule has 0 aliphatic rings. The molecule has 25 heavy (non-hydrogen) atoms. The molecule has 3 aromatic rings. The van der Waals surface area contributed by atoms with Crippen molar-refractivity contribution in [2.45, 2.75) is 13.8 Å². The second-order valence-electron chi connectivity index (χ2n) is 5.08. The standard InChI is InChI=1S/C16H16N4O4S/c1-8-13(25-9(2)17-8)15-19-20-16(24-15)18-14(21)10-5-6-11(22-3)12(7-10)23-4/h5-7H,1-4H3,(H,18,20,21). The fourth-order valence-electron chi connectivity index (χ4n) is 2.24. The van der Waals surface area contributed by atoms with Crippen LogP contribution in [0.15, 0.2) is 22.6 Å². The Bertz CT molecular complexity index is 919. The molecule has 0 fully saturated rings. The Balaban J connectivity index is 1.79. The molecule has 9 heteroatoms. The van der Waals surface area contributed by atoms with Crippen molar-refractivity contribution in [2.24, 2.45) is 0 Å². The van der Waals surface area contributed by atoms with Crippen LogP contribution in [0.25, 0.3) is 10.8 Å². The van der Waals surface area contributed by atoms with Gasteiger partial charge in [0.2, 0.25) is 0 Å². The zero-order valence-corrected chi connectivity index (χ0v) is 14.9. The van der Waals surface area contributed by atoms with E-state index in [0.29, 0.717) is 23.0 Å². The van der Waals surface area contributed by atoms with Gasteiger partial charge in [0.1, 0.15) is 4.88 Å². The van der Waals surface area contributed by atoms with Crippen LogP contribution in [0.5, 0.6) is 11.5 Å². The fraction of sp³-hybridized carbons (Fsp3) is 0.250. The van der Waals surface area contributed by atoms with E-state index >= 15 is 0 Å². The molecule has 0 aliphatic carbocycles. The molecule has 0 spiro atoms. The Kier molecular flexibility index (Phi) is 4.66. The van der Waals surface area contributed by atoms with E-state index in [1.807, 2.05) is 13.8 Å². The molecule has 0 saturated carbocycles. The minimum Gasteiger partial charge on any atom is -0.493 e. The van der Waals surface area contributed by atoms with Crippen molar-refractivity contribution in [3.05, 3.63) is 34.5 Å². The number of aromatic nitrogens is 3. The number of hydrogen-bond acceptors (Lipinski definition) is 8. The third-order valence-corrected chi connectivity index (χ3v) is 4.45. The van der Waals surface area contributed by atoms with Gasteiger partial charge >= 0.3 is 6.01 Å². The van der Waals surface area contributed by atoms with Crippen molar-refractivity contribution in [2.75, 3.05) is 19.5 Å². The first-order chi connectivity index (χ1) is 12.0. The first kappa shape index (κ1) is 16.9. The number of anilines is 1. The van der Waals surface area contributed by atoms with E-state index in [9.17, 15) is 4.79 Å². The van der Waals surface area contributed by atoms with Gasteiger partial charge in [0.25, 0.3) is 11.8 Å². The third kappa shape index (κ3) is 3.45. The number of hydrogen-bond donors (Lipinski definition) is 1. The number of nitrogens with zero attached hydrogens (tertiary/aromatic N) is 3. The summed E-state index contributed by atoms with van der Waals surface area (Å²) in [5.74, 6) is 0.923. The van der Waals surface area contributed by atoms with Crippen LogP contribution in [-0.2, 0) is 0 Å². The Morgan fingerprint density at radius 3 is 2.56 bits per heavy atom. The summed E-state index contributed by atoms with van der Waals surface area (Å²) in [4.78, 5) is 17.5. The fourth-order valence-corrected chi connectivity index (χ4v) is 3.08. The van der Waals surface area contributed by atoms with Crippen LogP contribution in [0.4, 0.5) is 6.01 Å². The highest BCUT2D eigenvalue weighted by molar-refractivity contribution is 7.15. The number of benzene rings is 1. The maximum absolute atomic E-state index is 12.4. The van der Waals surface area contributed by atoms with Gasteiger partial charge in [0.05, 0.1) is 24.9 Å². The van der Waals surface area contributed by atoms with Gasteiger partial charge < -0.3 is 13.9 Å². The number of carbonyl (C=O) groups is 1. The summed E-state index contributed by atoms with van der Waals surface area (Å²) in [5, 5.41) is 11.3. The van der Waals surface area contributed by atoms with Gasteiger partial charge in [0.15, 0.2) is 11.5 Å². The number of nitrogens with one attached hydrogen (secondary N) is 1. The van der Waals surface area contributed by atoms with Gasteiger partial charge in [-0.2, -0.15) is 0 Å². The largest absolute Gasteiger partial charge is 0.493 e. The van der Waals surface area contributed by atoms with Crippen LogP contribution >= 0.6 is 11.3 Å². The maximum atomic E-state index is 12.4. The number of methoxy groups -OCH3 is 2. The molecule has 0 atom stereocenters. The lowest BCUT2D eigenvalue weighted by Gasteiger charge is -2.08. The van der Waals surface area contributed by atoms with E-state index in [2.05, 4.69) is 20.5 Å². The molecule has 0 unspecified atom stereocenters. The molecule has 130 valence electrons. The zero-order chi connectivity index (χ0) is 18.0. The molecule has 8 nitrogen and oxygen atoms in total. The minimum absolute atomic E-state index is 0.0141. The summed E-state index contributed by atoms with van der Waals surface area (Å²) in [6, 6.07) is 4.85. The lowest BCUT2D eigenvalue weighted by atomic mass is 10.2. The molecule has 1 N–H and O–H groups in total. The van der Waals surface area contributed by atoms with Gasteiger partial charge in [-0.25, -0.2) is 4.98 Å².